The molecular formula is C24H31ClN4O3. The van der Waals surface area contributed by atoms with Crippen LogP contribution >= 0.6 is 11.6 Å². The van der Waals surface area contributed by atoms with Crippen LogP contribution in [0.4, 0.5) is 4.79 Å². The van der Waals surface area contributed by atoms with Crippen LogP contribution < -0.4 is 10.1 Å². The molecule has 0 radical (unpaired) electrons. The molecule has 2 aromatic carbocycles. The maximum absolute atomic E-state index is 12.5. The molecule has 0 atom stereocenters. The summed E-state index contributed by atoms with van der Waals surface area (Å²) in [5.41, 5.74) is 1.07. The first-order valence-corrected chi connectivity index (χ1v) is 11.3. The van der Waals surface area contributed by atoms with Crippen molar-refractivity contribution in [3.63, 3.8) is 0 Å². The normalized spacial score (nSPS) is 14.1. The number of para-hydroxylation sites is 1. The highest BCUT2D eigenvalue weighted by Crippen LogP contribution is 2.22. The molecule has 0 saturated carbocycles. The highest BCUT2D eigenvalue weighted by Gasteiger charge is 2.21. The van der Waals surface area contributed by atoms with Gasteiger partial charge in [0.05, 0.1) is 5.02 Å². The van der Waals surface area contributed by atoms with Gasteiger partial charge in [-0.05, 0) is 17.7 Å². The van der Waals surface area contributed by atoms with E-state index in [2.05, 4.69) is 10.2 Å². The summed E-state index contributed by atoms with van der Waals surface area (Å²) < 4.78 is 5.75. The molecule has 1 aliphatic heterocycles. The topological polar surface area (TPSA) is 65.1 Å². The molecule has 0 bridgehead atoms. The quantitative estimate of drug-likeness (QED) is 0.627. The summed E-state index contributed by atoms with van der Waals surface area (Å²) in [7, 11) is 1.75. The number of hydrogen-bond acceptors (Lipinski definition) is 4. The van der Waals surface area contributed by atoms with Gasteiger partial charge in [-0.1, -0.05) is 54.1 Å². The van der Waals surface area contributed by atoms with Crippen LogP contribution in [0.3, 0.4) is 0 Å². The van der Waals surface area contributed by atoms with E-state index >= 15 is 0 Å². The summed E-state index contributed by atoms with van der Waals surface area (Å²) in [5, 5.41) is 3.44. The summed E-state index contributed by atoms with van der Waals surface area (Å²) in [4.78, 5) is 30.5. The van der Waals surface area contributed by atoms with Gasteiger partial charge in [0.15, 0.2) is 0 Å². The number of amides is 3. The van der Waals surface area contributed by atoms with E-state index in [-0.39, 0.29) is 11.9 Å². The fourth-order valence-corrected chi connectivity index (χ4v) is 3.76. The smallest absolute Gasteiger partial charge is 0.317 e. The average molecular weight is 459 g/mol. The van der Waals surface area contributed by atoms with E-state index in [1.807, 2.05) is 59.5 Å². The molecule has 0 aliphatic carbocycles. The van der Waals surface area contributed by atoms with Crippen molar-refractivity contribution < 1.29 is 14.3 Å². The van der Waals surface area contributed by atoms with Crippen molar-refractivity contribution in [2.75, 3.05) is 52.9 Å². The fraction of sp³-hybridized carbons (Fsp3) is 0.417. The molecule has 2 aromatic rings. The van der Waals surface area contributed by atoms with Crippen molar-refractivity contribution in [2.45, 2.75) is 13.0 Å². The van der Waals surface area contributed by atoms with E-state index in [0.717, 1.165) is 25.2 Å². The van der Waals surface area contributed by atoms with Crippen LogP contribution in [0.5, 0.6) is 5.75 Å². The SMILES string of the molecule is CN(Cc1ccccc1)C(=O)NCCC(=O)N1CCN(CCOc2ccccc2Cl)CC1. The minimum Gasteiger partial charge on any atom is -0.491 e. The molecule has 1 fully saturated rings. The molecule has 1 saturated heterocycles. The number of nitrogens with zero attached hydrogens (tertiary/aromatic N) is 3. The Morgan fingerprint density at radius 3 is 2.44 bits per heavy atom. The zero-order valence-electron chi connectivity index (χ0n) is 18.5. The van der Waals surface area contributed by atoms with Crippen molar-refractivity contribution >= 4 is 23.5 Å². The van der Waals surface area contributed by atoms with Gasteiger partial charge in [0.2, 0.25) is 5.91 Å². The summed E-state index contributed by atoms with van der Waals surface area (Å²) in [6.45, 7) is 5.20. The number of piperazine rings is 1. The molecule has 7 nitrogen and oxygen atoms in total. The highest BCUT2D eigenvalue weighted by atomic mass is 35.5. The second kappa shape index (κ2) is 12.3. The zero-order chi connectivity index (χ0) is 22.8. The van der Waals surface area contributed by atoms with E-state index < -0.39 is 0 Å². The number of carbonyl (C=O) groups excluding carboxylic acids is 2. The van der Waals surface area contributed by atoms with Crippen LogP contribution in [-0.2, 0) is 11.3 Å². The number of halogens is 1. The molecular weight excluding hydrogens is 428 g/mol. The third kappa shape index (κ3) is 7.43. The van der Waals surface area contributed by atoms with Gasteiger partial charge in [-0.3, -0.25) is 9.69 Å². The number of urea groups is 1. The first-order valence-electron chi connectivity index (χ1n) is 10.9. The molecule has 32 heavy (non-hydrogen) atoms. The molecule has 3 amide bonds. The predicted molar refractivity (Wildman–Crippen MR) is 126 cm³/mol. The summed E-state index contributed by atoms with van der Waals surface area (Å²) in [5.74, 6) is 0.766. The Bertz CT molecular complexity index is 873. The first kappa shape index (κ1) is 23.9. The fourth-order valence-electron chi connectivity index (χ4n) is 3.57. The van der Waals surface area contributed by atoms with Gasteiger partial charge in [-0.15, -0.1) is 0 Å². The van der Waals surface area contributed by atoms with E-state index in [4.69, 9.17) is 16.3 Å². The van der Waals surface area contributed by atoms with Crippen molar-refractivity contribution in [1.82, 2.24) is 20.0 Å². The molecule has 0 spiro atoms. The van der Waals surface area contributed by atoms with Gasteiger partial charge < -0.3 is 19.9 Å². The van der Waals surface area contributed by atoms with Gasteiger partial charge in [0.25, 0.3) is 0 Å². The van der Waals surface area contributed by atoms with E-state index in [0.29, 0.717) is 50.0 Å². The highest BCUT2D eigenvalue weighted by molar-refractivity contribution is 6.32. The van der Waals surface area contributed by atoms with E-state index in [1.54, 1.807) is 11.9 Å². The van der Waals surface area contributed by atoms with Crippen LogP contribution in [0.15, 0.2) is 54.6 Å². The third-order valence-electron chi connectivity index (χ3n) is 5.45. The number of nitrogens with one attached hydrogen (secondary N) is 1. The second-order valence-electron chi connectivity index (χ2n) is 7.82. The minimum absolute atomic E-state index is 0.0722. The largest absolute Gasteiger partial charge is 0.491 e. The molecule has 8 heteroatoms. The van der Waals surface area contributed by atoms with Gasteiger partial charge in [0.1, 0.15) is 12.4 Å². The lowest BCUT2D eigenvalue weighted by Gasteiger charge is -2.34. The first-order chi connectivity index (χ1) is 15.5. The van der Waals surface area contributed by atoms with Crippen molar-refractivity contribution in [3.8, 4) is 5.75 Å². The predicted octanol–water partition coefficient (Wildman–Crippen LogP) is 3.09. The molecule has 1 aliphatic rings. The number of ether oxygens (including phenoxy) is 1. The van der Waals surface area contributed by atoms with Gasteiger partial charge >= 0.3 is 6.03 Å². The maximum Gasteiger partial charge on any atom is 0.317 e. The van der Waals surface area contributed by atoms with Crippen LogP contribution in [0.1, 0.15) is 12.0 Å². The lowest BCUT2D eigenvalue weighted by atomic mass is 10.2. The summed E-state index contributed by atoms with van der Waals surface area (Å²) >= 11 is 6.10. The van der Waals surface area contributed by atoms with Crippen LogP contribution in [0, 0.1) is 0 Å². The molecule has 0 unspecified atom stereocenters. The standard InChI is InChI=1S/C24H31ClN4O3/c1-27(19-20-7-3-2-4-8-20)24(31)26-12-11-23(30)29-15-13-28(14-16-29)17-18-32-22-10-6-5-9-21(22)25/h2-10H,11-19H2,1H3,(H,26,31). The summed E-state index contributed by atoms with van der Waals surface area (Å²) in [6, 6.07) is 17.1. The summed E-state index contributed by atoms with van der Waals surface area (Å²) in [6.07, 6.45) is 0.306. The lowest BCUT2D eigenvalue weighted by molar-refractivity contribution is -0.132. The Labute approximate surface area is 194 Å². The van der Waals surface area contributed by atoms with Crippen LogP contribution in [0.2, 0.25) is 5.02 Å². The Kier molecular flexibility index (Phi) is 9.19. The Balaban J connectivity index is 1.29. The zero-order valence-corrected chi connectivity index (χ0v) is 19.3. The molecule has 1 heterocycles. The van der Waals surface area contributed by atoms with Crippen LogP contribution in [-0.4, -0.2) is 79.6 Å². The van der Waals surface area contributed by atoms with Crippen molar-refractivity contribution in [1.29, 1.82) is 0 Å². The van der Waals surface area contributed by atoms with Gasteiger partial charge in [-0.2, -0.15) is 0 Å². The van der Waals surface area contributed by atoms with E-state index in [1.165, 1.54) is 0 Å². The number of hydrogen-bond donors (Lipinski definition) is 1. The average Bonchev–Trinajstić information content (AvgIpc) is 2.81. The third-order valence-corrected chi connectivity index (χ3v) is 5.76. The maximum atomic E-state index is 12.5. The van der Waals surface area contributed by atoms with Gasteiger partial charge in [0, 0.05) is 59.3 Å². The minimum atomic E-state index is -0.176. The Morgan fingerprint density at radius 1 is 1.03 bits per heavy atom. The van der Waals surface area contributed by atoms with E-state index in [9.17, 15) is 9.59 Å². The monoisotopic (exact) mass is 458 g/mol. The van der Waals surface area contributed by atoms with Crippen LogP contribution in [0.25, 0.3) is 0 Å². The van der Waals surface area contributed by atoms with Crippen molar-refractivity contribution in [3.05, 3.63) is 65.2 Å². The number of rotatable bonds is 9. The number of carbonyl (C=O) groups is 2. The van der Waals surface area contributed by atoms with Gasteiger partial charge in [-0.25, -0.2) is 4.79 Å². The Morgan fingerprint density at radius 2 is 1.72 bits per heavy atom. The molecule has 0 aromatic heterocycles. The number of benzene rings is 2. The van der Waals surface area contributed by atoms with Crippen molar-refractivity contribution in [2.24, 2.45) is 0 Å². The molecule has 1 N–H and O–H groups in total. The molecule has 172 valence electrons. The Hall–Kier alpha value is -2.77. The lowest BCUT2D eigenvalue weighted by Crippen LogP contribution is -2.50. The second-order valence-corrected chi connectivity index (χ2v) is 8.23. The molecule has 3 rings (SSSR count).